The summed E-state index contributed by atoms with van der Waals surface area (Å²) in [5, 5.41) is 11.2. The average molecular weight is 257 g/mol. The minimum atomic E-state index is -0.273. The highest BCUT2D eigenvalue weighted by Gasteiger charge is 2.00. The van der Waals surface area contributed by atoms with E-state index in [2.05, 4.69) is 21.2 Å². The van der Waals surface area contributed by atoms with Gasteiger partial charge in [0.05, 0.1) is 11.8 Å². The first kappa shape index (κ1) is 11.0. The van der Waals surface area contributed by atoms with Crippen molar-refractivity contribution in [3.8, 4) is 6.07 Å². The lowest BCUT2D eigenvalue weighted by Gasteiger charge is -2.06. The number of anilines is 1. The molecule has 0 spiro atoms. The Bertz CT molecular complexity index is 346. The quantitative estimate of drug-likeness (QED) is 0.840. The topological polar surface area (TPSA) is 35.8 Å². The molecule has 4 heteroatoms. The van der Waals surface area contributed by atoms with Crippen LogP contribution in [0.25, 0.3) is 0 Å². The zero-order valence-electron chi connectivity index (χ0n) is 7.56. The standard InChI is InChI=1S/C10H10BrFN2/c11-8-3-4-9(12)10(7-8)14-6-2-1-5-13/h3-4,7,14H,1-2,6H2. The molecule has 0 bridgehead atoms. The number of hydrogen-bond donors (Lipinski definition) is 1. The smallest absolute Gasteiger partial charge is 0.146 e. The molecule has 0 unspecified atom stereocenters. The maximum Gasteiger partial charge on any atom is 0.146 e. The molecular formula is C10H10BrFN2. The fourth-order valence-corrected chi connectivity index (χ4v) is 1.38. The minimum absolute atomic E-state index is 0.273. The van der Waals surface area contributed by atoms with Gasteiger partial charge < -0.3 is 5.32 Å². The average Bonchev–Trinajstić information content (AvgIpc) is 2.18. The fourth-order valence-electron chi connectivity index (χ4n) is 1.02. The zero-order chi connectivity index (χ0) is 10.4. The zero-order valence-corrected chi connectivity index (χ0v) is 9.14. The van der Waals surface area contributed by atoms with E-state index in [0.717, 1.165) is 10.9 Å². The van der Waals surface area contributed by atoms with Gasteiger partial charge >= 0.3 is 0 Å². The van der Waals surface area contributed by atoms with E-state index in [1.165, 1.54) is 6.07 Å². The Morgan fingerprint density at radius 2 is 2.29 bits per heavy atom. The summed E-state index contributed by atoms with van der Waals surface area (Å²) in [6.45, 7) is 0.612. The van der Waals surface area contributed by atoms with Gasteiger partial charge in [-0.05, 0) is 24.6 Å². The van der Waals surface area contributed by atoms with E-state index in [1.807, 2.05) is 6.07 Å². The summed E-state index contributed by atoms with van der Waals surface area (Å²) in [5.41, 5.74) is 0.470. The Morgan fingerprint density at radius 3 is 3.00 bits per heavy atom. The highest BCUT2D eigenvalue weighted by atomic mass is 79.9. The van der Waals surface area contributed by atoms with Crippen LogP contribution in [0.1, 0.15) is 12.8 Å². The van der Waals surface area contributed by atoms with Gasteiger partial charge in [-0.2, -0.15) is 5.26 Å². The van der Waals surface area contributed by atoms with E-state index in [-0.39, 0.29) is 5.82 Å². The molecular weight excluding hydrogens is 247 g/mol. The number of benzene rings is 1. The second-order valence-corrected chi connectivity index (χ2v) is 3.73. The van der Waals surface area contributed by atoms with E-state index in [4.69, 9.17) is 5.26 Å². The first-order valence-electron chi connectivity index (χ1n) is 4.30. The Labute approximate surface area is 90.9 Å². The van der Waals surface area contributed by atoms with Gasteiger partial charge in [-0.3, -0.25) is 0 Å². The molecule has 0 saturated heterocycles. The van der Waals surface area contributed by atoms with Crippen LogP contribution >= 0.6 is 15.9 Å². The van der Waals surface area contributed by atoms with Gasteiger partial charge in [0.2, 0.25) is 0 Å². The van der Waals surface area contributed by atoms with Crippen LogP contribution in [-0.4, -0.2) is 6.54 Å². The molecule has 0 aliphatic rings. The minimum Gasteiger partial charge on any atom is -0.383 e. The Morgan fingerprint density at radius 1 is 1.50 bits per heavy atom. The first-order valence-corrected chi connectivity index (χ1v) is 5.09. The molecule has 74 valence electrons. The van der Waals surface area contributed by atoms with Gasteiger partial charge in [0.25, 0.3) is 0 Å². The SMILES string of the molecule is N#CCCCNc1cc(Br)ccc1F. The van der Waals surface area contributed by atoms with Crippen LogP contribution in [-0.2, 0) is 0 Å². The van der Waals surface area contributed by atoms with E-state index in [0.29, 0.717) is 18.7 Å². The Hall–Kier alpha value is -1.08. The number of nitrogens with one attached hydrogen (secondary N) is 1. The highest BCUT2D eigenvalue weighted by molar-refractivity contribution is 9.10. The lowest BCUT2D eigenvalue weighted by molar-refractivity contribution is 0.629. The molecule has 0 amide bonds. The maximum atomic E-state index is 13.1. The summed E-state index contributed by atoms with van der Waals surface area (Å²) in [4.78, 5) is 0. The summed E-state index contributed by atoms with van der Waals surface area (Å²) < 4.78 is 14.0. The normalized spacial score (nSPS) is 9.50. The highest BCUT2D eigenvalue weighted by Crippen LogP contribution is 2.19. The van der Waals surface area contributed by atoms with E-state index in [1.54, 1.807) is 12.1 Å². The van der Waals surface area contributed by atoms with E-state index >= 15 is 0 Å². The fraction of sp³-hybridized carbons (Fsp3) is 0.300. The summed E-state index contributed by atoms with van der Waals surface area (Å²) in [6, 6.07) is 6.77. The molecule has 1 rings (SSSR count). The first-order chi connectivity index (χ1) is 6.74. The molecule has 1 aromatic carbocycles. The van der Waals surface area contributed by atoms with Crippen molar-refractivity contribution in [3.63, 3.8) is 0 Å². The van der Waals surface area contributed by atoms with Crippen LogP contribution in [0.15, 0.2) is 22.7 Å². The van der Waals surface area contributed by atoms with Gasteiger partial charge in [-0.1, -0.05) is 15.9 Å². The van der Waals surface area contributed by atoms with Crippen molar-refractivity contribution in [1.82, 2.24) is 0 Å². The van der Waals surface area contributed by atoms with Crippen LogP contribution in [0.4, 0.5) is 10.1 Å². The molecule has 0 aliphatic carbocycles. The van der Waals surface area contributed by atoms with Crippen molar-refractivity contribution < 1.29 is 4.39 Å². The van der Waals surface area contributed by atoms with Crippen molar-refractivity contribution in [2.24, 2.45) is 0 Å². The third kappa shape index (κ3) is 3.35. The van der Waals surface area contributed by atoms with Gasteiger partial charge in [-0.15, -0.1) is 0 Å². The van der Waals surface area contributed by atoms with Crippen LogP contribution in [0.3, 0.4) is 0 Å². The van der Waals surface area contributed by atoms with Crippen molar-refractivity contribution >= 4 is 21.6 Å². The molecule has 0 atom stereocenters. The molecule has 2 nitrogen and oxygen atoms in total. The second-order valence-electron chi connectivity index (χ2n) is 2.81. The Kier molecular flexibility index (Phi) is 4.41. The Balaban J connectivity index is 2.50. The molecule has 0 aromatic heterocycles. The van der Waals surface area contributed by atoms with Gasteiger partial charge in [0.1, 0.15) is 5.82 Å². The summed E-state index contributed by atoms with van der Waals surface area (Å²) >= 11 is 3.26. The molecule has 0 radical (unpaired) electrons. The number of unbranched alkanes of at least 4 members (excludes halogenated alkanes) is 1. The van der Waals surface area contributed by atoms with Gasteiger partial charge in [0.15, 0.2) is 0 Å². The lowest BCUT2D eigenvalue weighted by atomic mass is 10.3. The van der Waals surface area contributed by atoms with Crippen molar-refractivity contribution in [3.05, 3.63) is 28.5 Å². The predicted octanol–water partition coefficient (Wildman–Crippen LogP) is 3.30. The molecule has 0 aliphatic heterocycles. The monoisotopic (exact) mass is 256 g/mol. The van der Waals surface area contributed by atoms with Crippen LogP contribution in [0.2, 0.25) is 0 Å². The molecule has 0 fully saturated rings. The number of halogens is 2. The molecule has 1 aromatic rings. The summed E-state index contributed by atoms with van der Waals surface area (Å²) in [7, 11) is 0. The second kappa shape index (κ2) is 5.61. The summed E-state index contributed by atoms with van der Waals surface area (Å²) in [6.07, 6.45) is 1.21. The van der Waals surface area contributed by atoms with E-state index < -0.39 is 0 Å². The third-order valence-corrected chi connectivity index (χ3v) is 2.20. The van der Waals surface area contributed by atoms with Gasteiger partial charge in [-0.25, -0.2) is 4.39 Å². The number of rotatable bonds is 4. The number of nitriles is 1. The van der Waals surface area contributed by atoms with Crippen LogP contribution < -0.4 is 5.32 Å². The molecule has 0 heterocycles. The van der Waals surface area contributed by atoms with Crippen molar-refractivity contribution in [1.29, 1.82) is 5.26 Å². The van der Waals surface area contributed by atoms with Crippen molar-refractivity contribution in [2.45, 2.75) is 12.8 Å². The van der Waals surface area contributed by atoms with E-state index in [9.17, 15) is 4.39 Å². The lowest BCUT2D eigenvalue weighted by Crippen LogP contribution is -2.02. The van der Waals surface area contributed by atoms with Crippen LogP contribution in [0.5, 0.6) is 0 Å². The summed E-state index contributed by atoms with van der Waals surface area (Å²) in [5.74, 6) is -0.273. The van der Waals surface area contributed by atoms with Crippen LogP contribution in [0, 0.1) is 17.1 Å². The predicted molar refractivity (Wildman–Crippen MR) is 57.4 cm³/mol. The maximum absolute atomic E-state index is 13.1. The third-order valence-electron chi connectivity index (χ3n) is 1.71. The molecule has 1 N–H and O–H groups in total. The van der Waals surface area contributed by atoms with Gasteiger partial charge in [0, 0.05) is 17.4 Å². The van der Waals surface area contributed by atoms with Crippen molar-refractivity contribution in [2.75, 3.05) is 11.9 Å². The number of nitrogens with zero attached hydrogens (tertiary/aromatic N) is 1. The number of hydrogen-bond acceptors (Lipinski definition) is 2. The molecule has 14 heavy (non-hydrogen) atoms. The largest absolute Gasteiger partial charge is 0.383 e. The molecule has 0 saturated carbocycles.